The highest BCUT2D eigenvalue weighted by Crippen LogP contribution is 2.34. The third kappa shape index (κ3) is 2.43. The highest BCUT2D eigenvalue weighted by molar-refractivity contribution is 5.55. The zero-order valence-corrected chi connectivity index (χ0v) is 11.2. The fourth-order valence-corrected chi connectivity index (χ4v) is 2.77. The van der Waals surface area contributed by atoms with E-state index in [-0.39, 0.29) is 0 Å². The molecule has 3 rings (SSSR count). The Morgan fingerprint density at radius 3 is 2.79 bits per heavy atom. The topological polar surface area (TPSA) is 21.3 Å². The van der Waals surface area contributed by atoms with Crippen LogP contribution in [0.3, 0.4) is 0 Å². The molecular weight excluding hydrogens is 234 g/mol. The van der Waals surface area contributed by atoms with Gasteiger partial charge in [-0.1, -0.05) is 36.4 Å². The summed E-state index contributed by atoms with van der Waals surface area (Å²) in [6.45, 7) is 3.72. The van der Waals surface area contributed by atoms with Crippen molar-refractivity contribution >= 4 is 5.69 Å². The van der Waals surface area contributed by atoms with Crippen LogP contribution in [-0.4, -0.2) is 13.2 Å². The minimum atomic E-state index is 0.484. The molecule has 0 radical (unpaired) electrons. The van der Waals surface area contributed by atoms with E-state index < -0.39 is 0 Å². The lowest BCUT2D eigenvalue weighted by Gasteiger charge is -2.27. The van der Waals surface area contributed by atoms with Crippen molar-refractivity contribution in [2.24, 2.45) is 0 Å². The van der Waals surface area contributed by atoms with Gasteiger partial charge < -0.3 is 10.1 Å². The summed E-state index contributed by atoms with van der Waals surface area (Å²) in [7, 11) is 0. The van der Waals surface area contributed by atoms with E-state index in [9.17, 15) is 0 Å². The molecule has 98 valence electrons. The lowest BCUT2D eigenvalue weighted by molar-refractivity contribution is 0.334. The van der Waals surface area contributed by atoms with Crippen molar-refractivity contribution in [3.05, 3.63) is 59.7 Å². The van der Waals surface area contributed by atoms with E-state index in [1.165, 1.54) is 16.8 Å². The van der Waals surface area contributed by atoms with E-state index in [1.54, 1.807) is 0 Å². The van der Waals surface area contributed by atoms with Gasteiger partial charge in [0, 0.05) is 18.2 Å². The zero-order chi connectivity index (χ0) is 13.1. The first-order valence-corrected chi connectivity index (χ1v) is 6.92. The summed E-state index contributed by atoms with van der Waals surface area (Å²) in [6, 6.07) is 16.9. The first-order valence-electron chi connectivity index (χ1n) is 6.92. The lowest BCUT2D eigenvalue weighted by atomic mass is 9.88. The van der Waals surface area contributed by atoms with Gasteiger partial charge >= 0.3 is 0 Å². The second-order valence-corrected chi connectivity index (χ2v) is 4.91. The van der Waals surface area contributed by atoms with E-state index in [4.69, 9.17) is 4.74 Å². The van der Waals surface area contributed by atoms with Gasteiger partial charge in [0.15, 0.2) is 0 Å². The summed E-state index contributed by atoms with van der Waals surface area (Å²) in [4.78, 5) is 0. The monoisotopic (exact) mass is 253 g/mol. The molecule has 0 amide bonds. The van der Waals surface area contributed by atoms with Crippen molar-refractivity contribution in [3.8, 4) is 5.75 Å². The maximum atomic E-state index is 5.75. The molecule has 19 heavy (non-hydrogen) atoms. The molecule has 2 heteroatoms. The Morgan fingerprint density at radius 2 is 1.89 bits per heavy atom. The standard InChI is InChI=1S/C17H19NO/c1-2-19-17-10-6-4-8-15(17)14-11-13-7-3-5-9-16(13)18-12-14/h3-10,14,18H,2,11-12H2,1H3. The minimum absolute atomic E-state index is 0.484. The van der Waals surface area contributed by atoms with Crippen molar-refractivity contribution in [1.82, 2.24) is 0 Å². The first kappa shape index (κ1) is 12.1. The number of fused-ring (bicyclic) bond motifs is 1. The molecule has 0 bridgehead atoms. The van der Waals surface area contributed by atoms with E-state index >= 15 is 0 Å². The molecule has 1 atom stereocenters. The van der Waals surface area contributed by atoms with Crippen molar-refractivity contribution in [1.29, 1.82) is 0 Å². The van der Waals surface area contributed by atoms with Crippen LogP contribution in [-0.2, 0) is 6.42 Å². The fourth-order valence-electron chi connectivity index (χ4n) is 2.77. The minimum Gasteiger partial charge on any atom is -0.494 e. The highest BCUT2D eigenvalue weighted by atomic mass is 16.5. The second kappa shape index (κ2) is 5.35. The molecule has 1 heterocycles. The molecular formula is C17H19NO. The summed E-state index contributed by atoms with van der Waals surface area (Å²) in [5, 5.41) is 3.52. The largest absolute Gasteiger partial charge is 0.494 e. The van der Waals surface area contributed by atoms with Crippen LogP contribution in [0.5, 0.6) is 5.75 Å². The Hall–Kier alpha value is -1.96. The van der Waals surface area contributed by atoms with Gasteiger partial charge in [-0.25, -0.2) is 0 Å². The molecule has 1 unspecified atom stereocenters. The SMILES string of the molecule is CCOc1ccccc1C1CNc2ccccc2C1. The van der Waals surface area contributed by atoms with Crippen molar-refractivity contribution < 1.29 is 4.74 Å². The molecule has 2 aromatic rings. The number of hydrogen-bond acceptors (Lipinski definition) is 2. The quantitative estimate of drug-likeness (QED) is 0.897. The maximum Gasteiger partial charge on any atom is 0.122 e. The zero-order valence-electron chi connectivity index (χ0n) is 11.2. The number of para-hydroxylation sites is 2. The average molecular weight is 253 g/mol. The Kier molecular flexibility index (Phi) is 3.41. The summed E-state index contributed by atoms with van der Waals surface area (Å²) < 4.78 is 5.75. The van der Waals surface area contributed by atoms with Crippen LogP contribution in [0, 0.1) is 0 Å². The number of nitrogens with one attached hydrogen (secondary N) is 1. The predicted octanol–water partition coefficient (Wildman–Crippen LogP) is 3.84. The predicted molar refractivity (Wildman–Crippen MR) is 79.0 cm³/mol. The number of rotatable bonds is 3. The molecule has 0 spiro atoms. The molecule has 2 nitrogen and oxygen atoms in total. The Labute approximate surface area is 114 Å². The van der Waals surface area contributed by atoms with Gasteiger partial charge in [0.25, 0.3) is 0 Å². The fraction of sp³-hybridized carbons (Fsp3) is 0.294. The molecule has 1 N–H and O–H groups in total. The van der Waals surface area contributed by atoms with Crippen LogP contribution in [0.25, 0.3) is 0 Å². The van der Waals surface area contributed by atoms with Crippen molar-refractivity contribution in [2.45, 2.75) is 19.3 Å². The van der Waals surface area contributed by atoms with Crippen LogP contribution in [0.2, 0.25) is 0 Å². The summed E-state index contributed by atoms with van der Waals surface area (Å²) >= 11 is 0. The van der Waals surface area contributed by atoms with Gasteiger partial charge in [0.1, 0.15) is 5.75 Å². The smallest absolute Gasteiger partial charge is 0.122 e. The van der Waals surface area contributed by atoms with E-state index in [2.05, 4.69) is 47.8 Å². The summed E-state index contributed by atoms with van der Waals surface area (Å²) in [5.41, 5.74) is 3.98. The van der Waals surface area contributed by atoms with Crippen LogP contribution in [0.1, 0.15) is 24.0 Å². The molecule has 0 fully saturated rings. The number of hydrogen-bond donors (Lipinski definition) is 1. The molecule has 0 saturated heterocycles. The van der Waals surface area contributed by atoms with Crippen LogP contribution >= 0.6 is 0 Å². The number of benzene rings is 2. The van der Waals surface area contributed by atoms with Gasteiger partial charge in [-0.05, 0) is 36.6 Å². The van der Waals surface area contributed by atoms with Gasteiger partial charge in [0.2, 0.25) is 0 Å². The van der Waals surface area contributed by atoms with Gasteiger partial charge in [-0.15, -0.1) is 0 Å². The molecule has 0 saturated carbocycles. The first-order chi connectivity index (χ1) is 9.38. The summed E-state index contributed by atoms with van der Waals surface area (Å²) in [6.07, 6.45) is 1.08. The van der Waals surface area contributed by atoms with E-state index in [1.807, 2.05) is 13.0 Å². The highest BCUT2D eigenvalue weighted by Gasteiger charge is 2.21. The molecule has 2 aromatic carbocycles. The van der Waals surface area contributed by atoms with E-state index in [0.717, 1.165) is 18.7 Å². The second-order valence-electron chi connectivity index (χ2n) is 4.91. The van der Waals surface area contributed by atoms with Crippen LogP contribution < -0.4 is 10.1 Å². The van der Waals surface area contributed by atoms with Crippen molar-refractivity contribution in [3.63, 3.8) is 0 Å². The number of ether oxygens (including phenoxy) is 1. The van der Waals surface area contributed by atoms with E-state index in [0.29, 0.717) is 12.5 Å². The third-order valence-corrected chi connectivity index (χ3v) is 3.68. The van der Waals surface area contributed by atoms with Gasteiger partial charge in [-0.3, -0.25) is 0 Å². The molecule has 0 aliphatic carbocycles. The van der Waals surface area contributed by atoms with Gasteiger partial charge in [0.05, 0.1) is 6.61 Å². The van der Waals surface area contributed by atoms with Crippen molar-refractivity contribution in [2.75, 3.05) is 18.5 Å². The molecule has 1 aliphatic rings. The number of anilines is 1. The maximum absolute atomic E-state index is 5.75. The average Bonchev–Trinajstić information content (AvgIpc) is 2.48. The normalized spacial score (nSPS) is 17.4. The Balaban J connectivity index is 1.89. The Bertz CT molecular complexity index is 565. The lowest BCUT2D eigenvalue weighted by Crippen LogP contribution is -2.22. The summed E-state index contributed by atoms with van der Waals surface area (Å²) in [5.74, 6) is 1.51. The van der Waals surface area contributed by atoms with Gasteiger partial charge in [-0.2, -0.15) is 0 Å². The Morgan fingerprint density at radius 1 is 1.11 bits per heavy atom. The molecule has 1 aliphatic heterocycles. The third-order valence-electron chi connectivity index (χ3n) is 3.68. The molecule has 0 aromatic heterocycles. The van der Waals surface area contributed by atoms with Crippen LogP contribution in [0.4, 0.5) is 5.69 Å². The van der Waals surface area contributed by atoms with Crippen LogP contribution in [0.15, 0.2) is 48.5 Å².